The van der Waals surface area contributed by atoms with Gasteiger partial charge in [0.15, 0.2) is 11.6 Å². The van der Waals surface area contributed by atoms with Gasteiger partial charge in [0.1, 0.15) is 11.5 Å². The third-order valence-electron chi connectivity index (χ3n) is 2.78. The van der Waals surface area contributed by atoms with Crippen molar-refractivity contribution in [2.45, 2.75) is 19.4 Å². The van der Waals surface area contributed by atoms with Crippen LogP contribution in [0, 0.1) is 11.6 Å². The van der Waals surface area contributed by atoms with Crippen LogP contribution in [0.4, 0.5) is 8.78 Å². The lowest BCUT2D eigenvalue weighted by atomic mass is 10.1. The van der Waals surface area contributed by atoms with Gasteiger partial charge in [-0.25, -0.2) is 8.78 Å². The van der Waals surface area contributed by atoms with E-state index >= 15 is 0 Å². The molecule has 1 atom stereocenters. The van der Waals surface area contributed by atoms with Crippen LogP contribution in [0.25, 0.3) is 0 Å². The second-order valence-corrected chi connectivity index (χ2v) is 4.17. The SMILES string of the molecule is CCC(O)c1ccc(Oc2ccc(F)c(F)c2)cc1. The van der Waals surface area contributed by atoms with Gasteiger partial charge < -0.3 is 9.84 Å². The van der Waals surface area contributed by atoms with Crippen molar-refractivity contribution in [2.24, 2.45) is 0 Å². The molecular formula is C15H14F2O2. The van der Waals surface area contributed by atoms with Gasteiger partial charge in [0, 0.05) is 6.07 Å². The fourth-order valence-electron chi connectivity index (χ4n) is 1.67. The summed E-state index contributed by atoms with van der Waals surface area (Å²) < 4.78 is 31.2. The number of hydrogen-bond acceptors (Lipinski definition) is 2. The normalized spacial score (nSPS) is 12.2. The second-order valence-electron chi connectivity index (χ2n) is 4.17. The van der Waals surface area contributed by atoms with E-state index in [2.05, 4.69) is 0 Å². The van der Waals surface area contributed by atoms with Gasteiger partial charge in [-0.2, -0.15) is 0 Å². The summed E-state index contributed by atoms with van der Waals surface area (Å²) in [5.41, 5.74) is 0.792. The predicted molar refractivity (Wildman–Crippen MR) is 68.1 cm³/mol. The van der Waals surface area contributed by atoms with Gasteiger partial charge in [0.25, 0.3) is 0 Å². The van der Waals surface area contributed by atoms with Crippen molar-refractivity contribution >= 4 is 0 Å². The van der Waals surface area contributed by atoms with Crippen LogP contribution in [0.15, 0.2) is 42.5 Å². The first-order valence-electron chi connectivity index (χ1n) is 6.01. The molecule has 0 aromatic heterocycles. The van der Waals surface area contributed by atoms with Crippen LogP contribution < -0.4 is 4.74 Å². The Kier molecular flexibility index (Phi) is 4.12. The van der Waals surface area contributed by atoms with Crippen molar-refractivity contribution in [3.8, 4) is 11.5 Å². The third-order valence-corrected chi connectivity index (χ3v) is 2.78. The topological polar surface area (TPSA) is 29.5 Å². The fraction of sp³-hybridized carbons (Fsp3) is 0.200. The van der Waals surface area contributed by atoms with Gasteiger partial charge in [-0.15, -0.1) is 0 Å². The Balaban J connectivity index is 2.12. The molecule has 0 radical (unpaired) electrons. The molecular weight excluding hydrogens is 250 g/mol. The van der Waals surface area contributed by atoms with Crippen molar-refractivity contribution < 1.29 is 18.6 Å². The molecule has 0 heterocycles. The summed E-state index contributed by atoms with van der Waals surface area (Å²) in [5.74, 6) is -1.13. The quantitative estimate of drug-likeness (QED) is 0.896. The number of hydrogen-bond donors (Lipinski definition) is 1. The van der Waals surface area contributed by atoms with Gasteiger partial charge in [-0.05, 0) is 36.2 Å². The van der Waals surface area contributed by atoms with Crippen molar-refractivity contribution in [3.63, 3.8) is 0 Å². The highest BCUT2D eigenvalue weighted by Crippen LogP contribution is 2.25. The molecule has 0 amide bonds. The van der Waals surface area contributed by atoms with Crippen LogP contribution in [0.1, 0.15) is 25.0 Å². The Labute approximate surface area is 110 Å². The van der Waals surface area contributed by atoms with E-state index in [9.17, 15) is 13.9 Å². The molecule has 1 N–H and O–H groups in total. The highest BCUT2D eigenvalue weighted by molar-refractivity contribution is 5.34. The molecule has 2 rings (SSSR count). The molecule has 0 aliphatic carbocycles. The van der Waals surface area contributed by atoms with Gasteiger partial charge in [0.2, 0.25) is 0 Å². The maximum absolute atomic E-state index is 13.0. The molecule has 0 saturated carbocycles. The molecule has 0 bridgehead atoms. The number of ether oxygens (including phenoxy) is 1. The molecule has 0 fully saturated rings. The van der Waals surface area contributed by atoms with Crippen LogP contribution in [0.3, 0.4) is 0 Å². The van der Waals surface area contributed by atoms with E-state index in [0.29, 0.717) is 12.2 Å². The first kappa shape index (κ1) is 13.5. The summed E-state index contributed by atoms with van der Waals surface area (Å²) in [6, 6.07) is 10.2. The average molecular weight is 264 g/mol. The molecule has 4 heteroatoms. The van der Waals surface area contributed by atoms with E-state index in [1.807, 2.05) is 6.92 Å². The first-order chi connectivity index (χ1) is 9.10. The summed E-state index contributed by atoms with van der Waals surface area (Å²) in [5, 5.41) is 9.64. The van der Waals surface area contributed by atoms with Crippen molar-refractivity contribution in [2.75, 3.05) is 0 Å². The standard InChI is InChI=1S/C15H14F2O2/c1-2-15(18)10-3-5-11(6-4-10)19-12-7-8-13(16)14(17)9-12/h3-9,15,18H,2H2,1H3. The molecule has 100 valence electrons. The highest BCUT2D eigenvalue weighted by atomic mass is 19.2. The Hall–Kier alpha value is -1.94. The number of benzene rings is 2. The molecule has 1 unspecified atom stereocenters. The van der Waals surface area contributed by atoms with Gasteiger partial charge in [-0.1, -0.05) is 19.1 Å². The van der Waals surface area contributed by atoms with Crippen molar-refractivity contribution in [1.29, 1.82) is 0 Å². The number of rotatable bonds is 4. The van der Waals surface area contributed by atoms with E-state index in [4.69, 9.17) is 4.74 Å². The zero-order chi connectivity index (χ0) is 13.8. The molecule has 2 aromatic carbocycles. The molecule has 2 nitrogen and oxygen atoms in total. The average Bonchev–Trinajstić information content (AvgIpc) is 2.43. The lowest BCUT2D eigenvalue weighted by Gasteiger charge is -2.10. The molecule has 0 saturated heterocycles. The minimum absolute atomic E-state index is 0.225. The molecule has 19 heavy (non-hydrogen) atoms. The van der Waals surface area contributed by atoms with Gasteiger partial charge in [0.05, 0.1) is 6.10 Å². The fourth-order valence-corrected chi connectivity index (χ4v) is 1.67. The van der Waals surface area contributed by atoms with Crippen LogP contribution in [0.5, 0.6) is 11.5 Å². The maximum Gasteiger partial charge on any atom is 0.162 e. The number of halogens is 2. The second kappa shape index (κ2) is 5.80. The first-order valence-corrected chi connectivity index (χ1v) is 6.01. The van der Waals surface area contributed by atoms with Crippen molar-refractivity contribution in [1.82, 2.24) is 0 Å². The lowest BCUT2D eigenvalue weighted by molar-refractivity contribution is 0.173. The van der Waals surface area contributed by atoms with Crippen LogP contribution in [-0.2, 0) is 0 Å². The molecule has 2 aromatic rings. The van der Waals surface area contributed by atoms with Crippen LogP contribution >= 0.6 is 0 Å². The predicted octanol–water partition coefficient (Wildman–Crippen LogP) is 4.20. The van der Waals surface area contributed by atoms with Crippen LogP contribution in [-0.4, -0.2) is 5.11 Å². The Bertz CT molecular complexity index is 553. The number of aliphatic hydroxyl groups excluding tert-OH is 1. The zero-order valence-electron chi connectivity index (χ0n) is 10.4. The Morgan fingerprint density at radius 1 is 1.00 bits per heavy atom. The maximum atomic E-state index is 13.0. The molecule has 0 aliphatic heterocycles. The minimum atomic E-state index is -0.949. The smallest absolute Gasteiger partial charge is 0.162 e. The summed E-state index contributed by atoms with van der Waals surface area (Å²) >= 11 is 0. The Morgan fingerprint density at radius 2 is 1.63 bits per heavy atom. The number of aliphatic hydroxyl groups is 1. The van der Waals surface area contributed by atoms with E-state index in [0.717, 1.165) is 17.7 Å². The minimum Gasteiger partial charge on any atom is -0.457 e. The summed E-state index contributed by atoms with van der Waals surface area (Å²) in [6.07, 6.45) is 0.126. The largest absolute Gasteiger partial charge is 0.457 e. The third kappa shape index (κ3) is 3.29. The zero-order valence-corrected chi connectivity index (χ0v) is 10.4. The lowest BCUT2D eigenvalue weighted by Crippen LogP contribution is -1.94. The van der Waals surface area contributed by atoms with Gasteiger partial charge >= 0.3 is 0 Å². The van der Waals surface area contributed by atoms with Crippen LogP contribution in [0.2, 0.25) is 0 Å². The van der Waals surface area contributed by atoms with E-state index in [1.54, 1.807) is 24.3 Å². The molecule has 0 aliphatic rings. The summed E-state index contributed by atoms with van der Waals surface area (Å²) in [4.78, 5) is 0. The highest BCUT2D eigenvalue weighted by Gasteiger charge is 2.06. The van der Waals surface area contributed by atoms with Gasteiger partial charge in [-0.3, -0.25) is 0 Å². The van der Waals surface area contributed by atoms with Crippen molar-refractivity contribution in [3.05, 3.63) is 59.7 Å². The summed E-state index contributed by atoms with van der Waals surface area (Å²) in [7, 11) is 0. The summed E-state index contributed by atoms with van der Waals surface area (Å²) in [6.45, 7) is 1.89. The van der Waals surface area contributed by atoms with E-state index in [1.165, 1.54) is 6.07 Å². The van der Waals surface area contributed by atoms with E-state index < -0.39 is 17.7 Å². The molecule has 0 spiro atoms. The monoisotopic (exact) mass is 264 g/mol. The Morgan fingerprint density at radius 3 is 2.21 bits per heavy atom. The van der Waals surface area contributed by atoms with E-state index in [-0.39, 0.29) is 5.75 Å².